The number of halogens is 1. The van der Waals surface area contributed by atoms with E-state index in [2.05, 4.69) is 21.2 Å². The van der Waals surface area contributed by atoms with Crippen molar-refractivity contribution >= 4 is 49.4 Å². The molecule has 0 saturated heterocycles. The maximum absolute atomic E-state index is 12.5. The molecular weight excluding hydrogens is 356 g/mol. The first-order valence-electron chi connectivity index (χ1n) is 7.16. The number of aromatic nitrogens is 1. The van der Waals surface area contributed by atoms with E-state index in [4.69, 9.17) is 4.42 Å². The first kappa shape index (κ1) is 14.1. The zero-order valence-corrected chi connectivity index (χ0v) is 13.9. The average molecular weight is 369 g/mol. The van der Waals surface area contributed by atoms with Crippen molar-refractivity contribution in [3.05, 3.63) is 65.0 Å². The van der Waals surface area contributed by atoms with E-state index in [-0.39, 0.29) is 5.91 Å². The van der Waals surface area contributed by atoms with Gasteiger partial charge in [-0.1, -0.05) is 22.0 Å². The molecule has 4 nitrogen and oxygen atoms in total. The van der Waals surface area contributed by atoms with Gasteiger partial charge in [-0.3, -0.25) is 4.79 Å². The van der Waals surface area contributed by atoms with Crippen LogP contribution in [0.5, 0.6) is 0 Å². The molecule has 0 aliphatic carbocycles. The van der Waals surface area contributed by atoms with Crippen LogP contribution in [0.15, 0.2) is 63.6 Å². The Labute approximate surface area is 140 Å². The van der Waals surface area contributed by atoms with Gasteiger partial charge in [0.2, 0.25) is 0 Å². The van der Waals surface area contributed by atoms with Gasteiger partial charge in [-0.2, -0.15) is 0 Å². The minimum absolute atomic E-state index is 0.256. The van der Waals surface area contributed by atoms with Gasteiger partial charge in [0.15, 0.2) is 5.76 Å². The SMILES string of the molecule is Cn1ccc2c(NC(=O)c3cc4cc(Br)ccc4o3)cccc21. The molecule has 0 fully saturated rings. The largest absolute Gasteiger partial charge is 0.451 e. The summed E-state index contributed by atoms with van der Waals surface area (Å²) >= 11 is 3.42. The third-order valence-electron chi connectivity index (χ3n) is 3.88. The summed E-state index contributed by atoms with van der Waals surface area (Å²) in [5.74, 6) is 0.0414. The Morgan fingerprint density at radius 1 is 1.17 bits per heavy atom. The lowest BCUT2D eigenvalue weighted by atomic mass is 10.2. The molecule has 0 unspecified atom stereocenters. The van der Waals surface area contributed by atoms with E-state index in [1.54, 1.807) is 6.07 Å². The fourth-order valence-electron chi connectivity index (χ4n) is 2.72. The number of nitrogens with zero attached hydrogens (tertiary/aromatic N) is 1. The summed E-state index contributed by atoms with van der Waals surface area (Å²) in [4.78, 5) is 12.5. The lowest BCUT2D eigenvalue weighted by Gasteiger charge is -2.05. The van der Waals surface area contributed by atoms with Crippen LogP contribution in [0.25, 0.3) is 21.9 Å². The highest BCUT2D eigenvalue weighted by molar-refractivity contribution is 9.10. The number of hydrogen-bond donors (Lipinski definition) is 1. The van der Waals surface area contributed by atoms with E-state index in [1.165, 1.54) is 0 Å². The van der Waals surface area contributed by atoms with Gasteiger partial charge in [0.25, 0.3) is 5.91 Å². The van der Waals surface area contributed by atoms with E-state index in [0.29, 0.717) is 11.3 Å². The summed E-state index contributed by atoms with van der Waals surface area (Å²) in [6.07, 6.45) is 1.97. The van der Waals surface area contributed by atoms with Crippen LogP contribution in [-0.4, -0.2) is 10.5 Å². The number of carbonyl (C=O) groups is 1. The fourth-order valence-corrected chi connectivity index (χ4v) is 3.10. The molecule has 4 rings (SSSR count). The van der Waals surface area contributed by atoms with Gasteiger partial charge in [0.05, 0.1) is 5.69 Å². The Bertz CT molecular complexity index is 1050. The van der Waals surface area contributed by atoms with Crippen LogP contribution in [0.2, 0.25) is 0 Å². The van der Waals surface area contributed by atoms with Gasteiger partial charge in [-0.05, 0) is 42.5 Å². The highest BCUT2D eigenvalue weighted by atomic mass is 79.9. The Hall–Kier alpha value is -2.53. The minimum Gasteiger partial charge on any atom is -0.451 e. The number of aryl methyl sites for hydroxylation is 1. The Morgan fingerprint density at radius 3 is 2.91 bits per heavy atom. The molecule has 2 heterocycles. The van der Waals surface area contributed by atoms with Gasteiger partial charge in [0.1, 0.15) is 5.58 Å². The number of anilines is 1. The van der Waals surface area contributed by atoms with Crippen molar-refractivity contribution in [2.75, 3.05) is 5.32 Å². The number of benzene rings is 2. The summed E-state index contributed by atoms with van der Waals surface area (Å²) < 4.78 is 8.60. The number of fused-ring (bicyclic) bond motifs is 2. The summed E-state index contributed by atoms with van der Waals surface area (Å²) in [5, 5.41) is 4.83. The average Bonchev–Trinajstić information content (AvgIpc) is 3.12. The Balaban J connectivity index is 1.70. The third-order valence-corrected chi connectivity index (χ3v) is 4.37. The molecule has 0 bridgehead atoms. The van der Waals surface area contributed by atoms with Crippen LogP contribution >= 0.6 is 15.9 Å². The van der Waals surface area contributed by atoms with Crippen molar-refractivity contribution in [2.45, 2.75) is 0 Å². The van der Waals surface area contributed by atoms with Crippen LogP contribution in [0.1, 0.15) is 10.6 Å². The number of rotatable bonds is 2. The normalized spacial score (nSPS) is 11.2. The molecule has 0 radical (unpaired) electrons. The molecular formula is C18H13BrN2O2. The molecule has 114 valence electrons. The summed E-state index contributed by atoms with van der Waals surface area (Å²) in [6, 6.07) is 15.2. The van der Waals surface area contributed by atoms with Gasteiger partial charge >= 0.3 is 0 Å². The van der Waals surface area contributed by atoms with Gasteiger partial charge in [0, 0.05) is 34.0 Å². The van der Waals surface area contributed by atoms with E-state index < -0.39 is 0 Å². The monoisotopic (exact) mass is 368 g/mol. The molecule has 1 amide bonds. The maximum atomic E-state index is 12.5. The smallest absolute Gasteiger partial charge is 0.291 e. The molecule has 0 saturated carbocycles. The number of nitrogens with one attached hydrogen (secondary N) is 1. The van der Waals surface area contributed by atoms with Gasteiger partial charge in [-0.15, -0.1) is 0 Å². The number of furan rings is 1. The van der Waals surface area contributed by atoms with Gasteiger partial charge < -0.3 is 14.3 Å². The number of hydrogen-bond acceptors (Lipinski definition) is 2. The molecule has 2 aromatic heterocycles. The quantitative estimate of drug-likeness (QED) is 0.544. The maximum Gasteiger partial charge on any atom is 0.291 e. The predicted molar refractivity (Wildman–Crippen MR) is 94.8 cm³/mol. The second-order valence-corrected chi connectivity index (χ2v) is 6.33. The highest BCUT2D eigenvalue weighted by Gasteiger charge is 2.14. The lowest BCUT2D eigenvalue weighted by Crippen LogP contribution is -2.10. The van der Waals surface area contributed by atoms with E-state index >= 15 is 0 Å². The van der Waals surface area contributed by atoms with Crippen molar-refractivity contribution in [2.24, 2.45) is 7.05 Å². The zero-order valence-electron chi connectivity index (χ0n) is 12.3. The predicted octanol–water partition coefficient (Wildman–Crippen LogP) is 4.94. The molecule has 0 aliphatic rings. The van der Waals surface area contributed by atoms with Crippen LogP contribution in [0.3, 0.4) is 0 Å². The first-order chi connectivity index (χ1) is 11.1. The topological polar surface area (TPSA) is 47.2 Å². The van der Waals surface area contributed by atoms with Crippen molar-refractivity contribution in [1.82, 2.24) is 4.57 Å². The third kappa shape index (κ3) is 2.43. The van der Waals surface area contributed by atoms with Crippen LogP contribution in [-0.2, 0) is 7.05 Å². The van der Waals surface area contributed by atoms with Crippen molar-refractivity contribution in [1.29, 1.82) is 0 Å². The zero-order chi connectivity index (χ0) is 16.0. The molecule has 2 aromatic carbocycles. The van der Waals surface area contributed by atoms with E-state index in [0.717, 1.165) is 26.4 Å². The van der Waals surface area contributed by atoms with E-state index in [9.17, 15) is 4.79 Å². The van der Waals surface area contributed by atoms with Crippen molar-refractivity contribution < 1.29 is 9.21 Å². The molecule has 0 aliphatic heterocycles. The molecule has 0 atom stereocenters. The summed E-state index contributed by atoms with van der Waals surface area (Å²) in [7, 11) is 1.98. The van der Waals surface area contributed by atoms with E-state index in [1.807, 2.05) is 60.3 Å². The minimum atomic E-state index is -0.256. The molecule has 23 heavy (non-hydrogen) atoms. The summed E-state index contributed by atoms with van der Waals surface area (Å²) in [6.45, 7) is 0. The lowest BCUT2D eigenvalue weighted by molar-refractivity contribution is 0.0999. The Morgan fingerprint density at radius 2 is 2.04 bits per heavy atom. The standard InChI is InChI=1S/C18H13BrN2O2/c1-21-8-7-13-14(3-2-4-15(13)21)20-18(22)17-10-11-9-12(19)5-6-16(11)23-17/h2-10H,1H3,(H,20,22). The van der Waals surface area contributed by atoms with Crippen molar-refractivity contribution in [3.8, 4) is 0 Å². The molecule has 4 aromatic rings. The molecule has 5 heteroatoms. The van der Waals surface area contributed by atoms with Crippen LogP contribution in [0, 0.1) is 0 Å². The van der Waals surface area contributed by atoms with Gasteiger partial charge in [-0.25, -0.2) is 0 Å². The second kappa shape index (κ2) is 5.28. The highest BCUT2D eigenvalue weighted by Crippen LogP contribution is 2.26. The second-order valence-electron chi connectivity index (χ2n) is 5.41. The fraction of sp³-hybridized carbons (Fsp3) is 0.0556. The van der Waals surface area contributed by atoms with Crippen LogP contribution in [0.4, 0.5) is 5.69 Å². The van der Waals surface area contributed by atoms with Crippen LogP contribution < -0.4 is 5.32 Å². The first-order valence-corrected chi connectivity index (χ1v) is 7.95. The number of carbonyl (C=O) groups excluding carboxylic acids is 1. The summed E-state index contributed by atoms with van der Waals surface area (Å²) in [5.41, 5.74) is 2.53. The molecule has 1 N–H and O–H groups in total. The molecule has 0 spiro atoms. The number of amides is 1. The Kier molecular flexibility index (Phi) is 3.23. The van der Waals surface area contributed by atoms with Crippen molar-refractivity contribution in [3.63, 3.8) is 0 Å².